The van der Waals surface area contributed by atoms with E-state index in [-0.39, 0.29) is 37.8 Å². The Morgan fingerprint density at radius 1 is 1.33 bits per heavy atom. The standard InChI is InChI=1S/C14H16ClF2N3O/c15-11-7-18-4-1-12(11)20-8-10(9-20)13(21)19-5-2-14(16,17)3-6-19/h1,4,7,10H,2-3,5-6,8-9H2. The van der Waals surface area contributed by atoms with Crippen LogP contribution in [0.4, 0.5) is 14.5 Å². The summed E-state index contributed by atoms with van der Waals surface area (Å²) in [4.78, 5) is 19.8. The molecule has 21 heavy (non-hydrogen) atoms. The molecule has 2 fully saturated rings. The summed E-state index contributed by atoms with van der Waals surface area (Å²) >= 11 is 6.06. The number of amides is 1. The van der Waals surface area contributed by atoms with Crippen LogP contribution in [0.5, 0.6) is 0 Å². The fourth-order valence-corrected chi connectivity index (χ4v) is 3.01. The fraction of sp³-hybridized carbons (Fsp3) is 0.571. The normalized spacial score (nSPS) is 22.0. The lowest BCUT2D eigenvalue weighted by Gasteiger charge is -2.43. The number of aromatic nitrogens is 1. The molecule has 0 atom stereocenters. The molecule has 114 valence electrons. The summed E-state index contributed by atoms with van der Waals surface area (Å²) in [6, 6.07) is 1.81. The number of alkyl halides is 2. The van der Waals surface area contributed by atoms with Gasteiger partial charge in [-0.3, -0.25) is 9.78 Å². The largest absolute Gasteiger partial charge is 0.369 e. The van der Waals surface area contributed by atoms with E-state index in [1.165, 1.54) is 0 Å². The molecule has 0 spiro atoms. The zero-order chi connectivity index (χ0) is 15.0. The average molecular weight is 316 g/mol. The first-order chi connectivity index (χ1) is 9.96. The van der Waals surface area contributed by atoms with E-state index in [0.717, 1.165) is 5.69 Å². The molecule has 0 unspecified atom stereocenters. The van der Waals surface area contributed by atoms with Gasteiger partial charge in [0.15, 0.2) is 0 Å². The molecule has 1 amide bonds. The Morgan fingerprint density at radius 2 is 2.00 bits per heavy atom. The second kappa shape index (κ2) is 5.40. The molecule has 2 aliphatic heterocycles. The molecule has 2 saturated heterocycles. The van der Waals surface area contributed by atoms with Gasteiger partial charge < -0.3 is 9.80 Å². The van der Waals surface area contributed by atoms with Crippen LogP contribution < -0.4 is 4.90 Å². The van der Waals surface area contributed by atoms with E-state index in [1.54, 1.807) is 17.3 Å². The van der Waals surface area contributed by atoms with Crippen molar-refractivity contribution in [1.82, 2.24) is 9.88 Å². The molecule has 3 rings (SSSR count). The number of carbonyl (C=O) groups is 1. The number of likely N-dealkylation sites (tertiary alicyclic amines) is 1. The highest BCUT2D eigenvalue weighted by atomic mass is 35.5. The highest BCUT2D eigenvalue weighted by Crippen LogP contribution is 2.33. The Balaban J connectivity index is 1.55. The third kappa shape index (κ3) is 2.95. The number of halogens is 3. The maximum absolute atomic E-state index is 13.1. The number of carbonyl (C=O) groups excluding carboxylic acids is 1. The van der Waals surface area contributed by atoms with Gasteiger partial charge in [0.05, 0.1) is 16.6 Å². The van der Waals surface area contributed by atoms with Crippen molar-refractivity contribution in [3.63, 3.8) is 0 Å². The minimum Gasteiger partial charge on any atom is -0.369 e. The molecule has 0 radical (unpaired) electrons. The van der Waals surface area contributed by atoms with Gasteiger partial charge in [-0.15, -0.1) is 0 Å². The van der Waals surface area contributed by atoms with Crippen LogP contribution in [0.1, 0.15) is 12.8 Å². The number of anilines is 1. The van der Waals surface area contributed by atoms with Crippen molar-refractivity contribution in [3.05, 3.63) is 23.5 Å². The molecule has 0 saturated carbocycles. The van der Waals surface area contributed by atoms with Crippen molar-refractivity contribution >= 4 is 23.2 Å². The van der Waals surface area contributed by atoms with Gasteiger partial charge in [-0.1, -0.05) is 11.6 Å². The van der Waals surface area contributed by atoms with E-state index >= 15 is 0 Å². The summed E-state index contributed by atoms with van der Waals surface area (Å²) in [7, 11) is 0. The Kier molecular flexibility index (Phi) is 3.73. The number of hydrogen-bond acceptors (Lipinski definition) is 3. The van der Waals surface area contributed by atoms with E-state index < -0.39 is 5.92 Å². The number of rotatable bonds is 2. The van der Waals surface area contributed by atoms with Gasteiger partial charge in [0.2, 0.25) is 5.91 Å². The molecule has 7 heteroatoms. The molecular formula is C14H16ClF2N3O. The van der Waals surface area contributed by atoms with Crippen LogP contribution in [-0.2, 0) is 4.79 Å². The Hall–Kier alpha value is -1.43. The summed E-state index contributed by atoms with van der Waals surface area (Å²) in [5.41, 5.74) is 0.862. The smallest absolute Gasteiger partial charge is 0.251 e. The summed E-state index contributed by atoms with van der Waals surface area (Å²) in [5.74, 6) is -2.76. The minimum atomic E-state index is -2.62. The lowest BCUT2D eigenvalue weighted by Crippen LogP contribution is -2.56. The van der Waals surface area contributed by atoms with Gasteiger partial charge in [-0.25, -0.2) is 8.78 Å². The molecule has 0 aromatic carbocycles. The zero-order valence-electron chi connectivity index (χ0n) is 11.4. The molecule has 0 N–H and O–H groups in total. The molecule has 0 aliphatic carbocycles. The predicted molar refractivity (Wildman–Crippen MR) is 75.7 cm³/mol. The fourth-order valence-electron chi connectivity index (χ4n) is 2.77. The van der Waals surface area contributed by atoms with Gasteiger partial charge >= 0.3 is 0 Å². The van der Waals surface area contributed by atoms with Crippen molar-refractivity contribution in [3.8, 4) is 0 Å². The summed E-state index contributed by atoms with van der Waals surface area (Å²) in [6.45, 7) is 1.46. The Labute approximate surface area is 126 Å². The van der Waals surface area contributed by atoms with Crippen LogP contribution in [0.15, 0.2) is 18.5 Å². The van der Waals surface area contributed by atoms with Gasteiger partial charge in [0, 0.05) is 51.4 Å². The molecule has 3 heterocycles. The zero-order valence-corrected chi connectivity index (χ0v) is 12.2. The third-order valence-corrected chi connectivity index (χ3v) is 4.42. The predicted octanol–water partition coefficient (Wildman–Crippen LogP) is 2.43. The maximum atomic E-state index is 13.1. The Morgan fingerprint density at radius 3 is 2.62 bits per heavy atom. The average Bonchev–Trinajstić information content (AvgIpc) is 2.39. The molecule has 1 aromatic heterocycles. The van der Waals surface area contributed by atoms with Crippen molar-refractivity contribution in [2.45, 2.75) is 18.8 Å². The number of piperidine rings is 1. The van der Waals surface area contributed by atoms with Crippen LogP contribution in [-0.4, -0.2) is 47.9 Å². The SMILES string of the molecule is O=C(C1CN(c2ccncc2Cl)C1)N1CCC(F)(F)CC1. The molecular weight excluding hydrogens is 300 g/mol. The van der Waals surface area contributed by atoms with Gasteiger partial charge in [-0.2, -0.15) is 0 Å². The maximum Gasteiger partial charge on any atom is 0.251 e. The van der Waals surface area contributed by atoms with Crippen LogP contribution in [0.2, 0.25) is 5.02 Å². The topological polar surface area (TPSA) is 36.4 Å². The summed E-state index contributed by atoms with van der Waals surface area (Å²) in [6.07, 6.45) is 2.76. The third-order valence-electron chi connectivity index (χ3n) is 4.13. The number of nitrogens with zero attached hydrogens (tertiary/aromatic N) is 3. The second-order valence-electron chi connectivity index (χ2n) is 5.61. The first-order valence-electron chi connectivity index (χ1n) is 6.97. The molecule has 4 nitrogen and oxygen atoms in total. The summed E-state index contributed by atoms with van der Waals surface area (Å²) < 4.78 is 26.2. The number of pyridine rings is 1. The Bertz CT molecular complexity index is 539. The first kappa shape index (κ1) is 14.5. The summed E-state index contributed by atoms with van der Waals surface area (Å²) in [5, 5.41) is 0.556. The molecule has 2 aliphatic rings. The quantitative estimate of drug-likeness (QED) is 0.841. The lowest BCUT2D eigenvalue weighted by molar-refractivity contribution is -0.142. The van der Waals surface area contributed by atoms with Crippen molar-refractivity contribution in [1.29, 1.82) is 0 Å². The van der Waals surface area contributed by atoms with Crippen LogP contribution >= 0.6 is 11.6 Å². The van der Waals surface area contributed by atoms with E-state index in [9.17, 15) is 13.6 Å². The van der Waals surface area contributed by atoms with Gasteiger partial charge in [0.1, 0.15) is 0 Å². The van der Waals surface area contributed by atoms with E-state index in [2.05, 4.69) is 4.98 Å². The highest BCUT2D eigenvalue weighted by Gasteiger charge is 2.40. The molecule has 0 bridgehead atoms. The van der Waals surface area contributed by atoms with Crippen LogP contribution in [0.25, 0.3) is 0 Å². The highest BCUT2D eigenvalue weighted by molar-refractivity contribution is 6.33. The van der Waals surface area contributed by atoms with E-state index in [1.807, 2.05) is 11.0 Å². The van der Waals surface area contributed by atoms with Crippen molar-refractivity contribution < 1.29 is 13.6 Å². The van der Waals surface area contributed by atoms with Crippen LogP contribution in [0.3, 0.4) is 0 Å². The van der Waals surface area contributed by atoms with Gasteiger partial charge in [0.25, 0.3) is 5.92 Å². The van der Waals surface area contributed by atoms with E-state index in [0.29, 0.717) is 18.1 Å². The first-order valence-corrected chi connectivity index (χ1v) is 7.35. The van der Waals surface area contributed by atoms with E-state index in [4.69, 9.17) is 11.6 Å². The second-order valence-corrected chi connectivity index (χ2v) is 6.02. The monoisotopic (exact) mass is 315 g/mol. The van der Waals surface area contributed by atoms with Gasteiger partial charge in [-0.05, 0) is 6.07 Å². The lowest BCUT2D eigenvalue weighted by atomic mass is 9.96. The molecule has 1 aromatic rings. The van der Waals surface area contributed by atoms with Crippen molar-refractivity contribution in [2.24, 2.45) is 5.92 Å². The number of hydrogen-bond donors (Lipinski definition) is 0. The van der Waals surface area contributed by atoms with Crippen LogP contribution in [0, 0.1) is 5.92 Å². The minimum absolute atomic E-state index is 0.0214. The van der Waals surface area contributed by atoms with Crippen molar-refractivity contribution in [2.75, 3.05) is 31.1 Å².